The number of nitrogens with zero attached hydrogens (tertiary/aromatic N) is 2. The second-order valence-corrected chi connectivity index (χ2v) is 6.69. The van der Waals surface area contributed by atoms with E-state index in [2.05, 4.69) is 16.1 Å². The molecule has 2 atom stereocenters. The van der Waals surface area contributed by atoms with E-state index in [9.17, 15) is 0 Å². The Balaban J connectivity index is 1.78. The maximum Gasteiger partial charge on any atom is 0.0235 e. The zero-order valence-corrected chi connectivity index (χ0v) is 12.6. The molecule has 106 valence electrons. The molecule has 0 bridgehead atoms. The van der Waals surface area contributed by atoms with Crippen LogP contribution in [0.25, 0.3) is 0 Å². The SMILES string of the molecule is CSCCC(CN)N1CCC(N2CCCCC2)C1. The highest BCUT2D eigenvalue weighted by atomic mass is 32.2. The lowest BCUT2D eigenvalue weighted by atomic mass is 10.1. The highest BCUT2D eigenvalue weighted by molar-refractivity contribution is 7.98. The summed E-state index contributed by atoms with van der Waals surface area (Å²) in [4.78, 5) is 5.38. The van der Waals surface area contributed by atoms with Crippen molar-refractivity contribution in [3.8, 4) is 0 Å². The zero-order chi connectivity index (χ0) is 12.8. The Hall–Kier alpha value is 0.230. The normalized spacial score (nSPS) is 28.7. The van der Waals surface area contributed by atoms with Crippen LogP contribution in [0.3, 0.4) is 0 Å². The Kier molecular flexibility index (Phi) is 6.29. The van der Waals surface area contributed by atoms with Gasteiger partial charge >= 0.3 is 0 Å². The van der Waals surface area contributed by atoms with Crippen molar-refractivity contribution >= 4 is 11.8 Å². The predicted molar refractivity (Wildman–Crippen MR) is 81.2 cm³/mol. The summed E-state index contributed by atoms with van der Waals surface area (Å²) in [6.45, 7) is 6.01. The minimum atomic E-state index is 0.618. The molecule has 0 aliphatic carbocycles. The molecule has 2 aliphatic rings. The summed E-state index contributed by atoms with van der Waals surface area (Å²) in [5.41, 5.74) is 5.95. The van der Waals surface area contributed by atoms with Gasteiger partial charge in [-0.15, -0.1) is 0 Å². The van der Waals surface area contributed by atoms with Crippen LogP contribution in [-0.2, 0) is 0 Å². The molecular formula is C14H29N3S. The van der Waals surface area contributed by atoms with Gasteiger partial charge in [-0.2, -0.15) is 11.8 Å². The second kappa shape index (κ2) is 7.73. The molecule has 18 heavy (non-hydrogen) atoms. The molecule has 2 N–H and O–H groups in total. The average molecular weight is 271 g/mol. The maximum absolute atomic E-state index is 5.95. The van der Waals surface area contributed by atoms with E-state index in [0.717, 1.165) is 12.6 Å². The van der Waals surface area contributed by atoms with Gasteiger partial charge in [0.25, 0.3) is 0 Å². The largest absolute Gasteiger partial charge is 0.329 e. The first kappa shape index (κ1) is 14.6. The van der Waals surface area contributed by atoms with Gasteiger partial charge in [-0.05, 0) is 50.8 Å². The molecule has 2 unspecified atom stereocenters. The van der Waals surface area contributed by atoms with Crippen LogP contribution in [0.2, 0.25) is 0 Å². The lowest BCUT2D eigenvalue weighted by Gasteiger charge is -2.33. The summed E-state index contributed by atoms with van der Waals surface area (Å²) in [5, 5.41) is 0. The fourth-order valence-electron chi connectivity index (χ4n) is 3.38. The van der Waals surface area contributed by atoms with Crippen molar-refractivity contribution in [3.05, 3.63) is 0 Å². The smallest absolute Gasteiger partial charge is 0.0235 e. The molecule has 2 saturated heterocycles. The van der Waals surface area contributed by atoms with Gasteiger partial charge in [0.2, 0.25) is 0 Å². The van der Waals surface area contributed by atoms with Gasteiger partial charge in [-0.1, -0.05) is 6.42 Å². The van der Waals surface area contributed by atoms with Gasteiger partial charge in [0.05, 0.1) is 0 Å². The molecule has 2 aliphatic heterocycles. The lowest BCUT2D eigenvalue weighted by Crippen LogP contribution is -2.44. The average Bonchev–Trinajstić information content (AvgIpc) is 2.90. The summed E-state index contributed by atoms with van der Waals surface area (Å²) in [6.07, 6.45) is 9.05. The molecule has 2 rings (SSSR count). The van der Waals surface area contributed by atoms with E-state index in [-0.39, 0.29) is 0 Å². The van der Waals surface area contributed by atoms with Crippen molar-refractivity contribution in [1.29, 1.82) is 0 Å². The minimum Gasteiger partial charge on any atom is -0.329 e. The van der Waals surface area contributed by atoms with Crippen LogP contribution >= 0.6 is 11.8 Å². The molecule has 0 aromatic carbocycles. The topological polar surface area (TPSA) is 32.5 Å². The number of likely N-dealkylation sites (tertiary alicyclic amines) is 2. The fourth-order valence-corrected chi connectivity index (χ4v) is 3.89. The Labute approximate surface area is 116 Å². The highest BCUT2D eigenvalue weighted by Gasteiger charge is 2.31. The standard InChI is InChI=1S/C14H29N3S/c1-18-10-6-13(11-15)17-9-5-14(12-17)16-7-3-2-4-8-16/h13-14H,2-12,15H2,1H3. The van der Waals surface area contributed by atoms with Crippen molar-refractivity contribution in [2.45, 2.75) is 44.2 Å². The number of hydrogen-bond acceptors (Lipinski definition) is 4. The van der Waals surface area contributed by atoms with Crippen LogP contribution in [-0.4, -0.2) is 66.6 Å². The van der Waals surface area contributed by atoms with E-state index in [1.807, 2.05) is 11.8 Å². The summed E-state index contributed by atoms with van der Waals surface area (Å²) >= 11 is 1.94. The molecule has 0 aromatic heterocycles. The summed E-state index contributed by atoms with van der Waals surface area (Å²) in [5.74, 6) is 1.24. The van der Waals surface area contributed by atoms with Gasteiger partial charge in [0.1, 0.15) is 0 Å². The van der Waals surface area contributed by atoms with Crippen LogP contribution in [0, 0.1) is 0 Å². The molecule has 0 spiro atoms. The van der Waals surface area contributed by atoms with Crippen molar-refractivity contribution in [1.82, 2.24) is 9.80 Å². The summed E-state index contributed by atoms with van der Waals surface area (Å²) in [6, 6.07) is 1.43. The molecule has 0 saturated carbocycles. The van der Waals surface area contributed by atoms with E-state index >= 15 is 0 Å². The predicted octanol–water partition coefficient (Wildman–Crippen LogP) is 1.63. The molecule has 0 amide bonds. The Morgan fingerprint density at radius 1 is 1.22 bits per heavy atom. The number of piperidine rings is 1. The number of nitrogens with two attached hydrogens (primary N) is 1. The van der Waals surface area contributed by atoms with Gasteiger partial charge in [-0.3, -0.25) is 9.80 Å². The van der Waals surface area contributed by atoms with E-state index in [4.69, 9.17) is 5.73 Å². The quantitative estimate of drug-likeness (QED) is 0.796. The minimum absolute atomic E-state index is 0.618. The van der Waals surface area contributed by atoms with E-state index in [1.165, 1.54) is 64.0 Å². The van der Waals surface area contributed by atoms with Crippen molar-refractivity contribution in [2.24, 2.45) is 5.73 Å². The molecule has 3 nitrogen and oxygen atoms in total. The zero-order valence-electron chi connectivity index (χ0n) is 11.8. The third-order valence-electron chi connectivity index (χ3n) is 4.55. The van der Waals surface area contributed by atoms with Crippen LogP contribution in [0.15, 0.2) is 0 Å². The van der Waals surface area contributed by atoms with E-state index < -0.39 is 0 Å². The Morgan fingerprint density at radius 2 is 2.00 bits per heavy atom. The number of hydrogen-bond donors (Lipinski definition) is 1. The van der Waals surface area contributed by atoms with Crippen LogP contribution in [0.1, 0.15) is 32.1 Å². The number of rotatable bonds is 6. The van der Waals surface area contributed by atoms with Crippen molar-refractivity contribution in [3.63, 3.8) is 0 Å². The summed E-state index contributed by atoms with van der Waals surface area (Å²) in [7, 11) is 0. The van der Waals surface area contributed by atoms with E-state index in [1.54, 1.807) is 0 Å². The van der Waals surface area contributed by atoms with Crippen LogP contribution in [0.4, 0.5) is 0 Å². The second-order valence-electron chi connectivity index (χ2n) is 5.71. The highest BCUT2D eigenvalue weighted by Crippen LogP contribution is 2.22. The molecule has 0 aromatic rings. The van der Waals surface area contributed by atoms with Gasteiger partial charge < -0.3 is 5.73 Å². The first-order chi connectivity index (χ1) is 8.85. The third-order valence-corrected chi connectivity index (χ3v) is 5.19. The van der Waals surface area contributed by atoms with Gasteiger partial charge in [0, 0.05) is 31.7 Å². The first-order valence-electron chi connectivity index (χ1n) is 7.52. The van der Waals surface area contributed by atoms with Gasteiger partial charge in [0.15, 0.2) is 0 Å². The number of thioether (sulfide) groups is 1. The lowest BCUT2D eigenvalue weighted by molar-refractivity contribution is 0.152. The maximum atomic E-state index is 5.95. The van der Waals surface area contributed by atoms with Crippen LogP contribution in [0.5, 0.6) is 0 Å². The van der Waals surface area contributed by atoms with Crippen LogP contribution < -0.4 is 5.73 Å². The van der Waals surface area contributed by atoms with E-state index in [0.29, 0.717) is 6.04 Å². The molecule has 2 fully saturated rings. The summed E-state index contributed by atoms with van der Waals surface area (Å²) < 4.78 is 0. The third kappa shape index (κ3) is 3.86. The molecule has 0 radical (unpaired) electrons. The molecule has 2 heterocycles. The first-order valence-corrected chi connectivity index (χ1v) is 8.91. The monoisotopic (exact) mass is 271 g/mol. The van der Waals surface area contributed by atoms with Gasteiger partial charge in [-0.25, -0.2) is 0 Å². The van der Waals surface area contributed by atoms with Crippen molar-refractivity contribution < 1.29 is 0 Å². The Morgan fingerprint density at radius 3 is 2.67 bits per heavy atom. The molecule has 4 heteroatoms. The van der Waals surface area contributed by atoms with Crippen molar-refractivity contribution in [2.75, 3.05) is 44.7 Å². The fraction of sp³-hybridized carbons (Fsp3) is 1.00. The molecular weight excluding hydrogens is 242 g/mol. The Bertz CT molecular complexity index is 231.